The smallest absolute Gasteiger partial charge is 0.00386 e. The second kappa shape index (κ2) is 8.06. The van der Waals surface area contributed by atoms with Crippen molar-refractivity contribution in [2.45, 2.75) is 58.9 Å². The van der Waals surface area contributed by atoms with Crippen molar-refractivity contribution in [3.05, 3.63) is 0 Å². The van der Waals surface area contributed by atoms with Crippen LogP contribution in [-0.4, -0.2) is 12.6 Å². The fourth-order valence-corrected chi connectivity index (χ4v) is 1.26. The van der Waals surface area contributed by atoms with E-state index in [0.717, 1.165) is 6.04 Å². The summed E-state index contributed by atoms with van der Waals surface area (Å²) in [5.41, 5.74) is 0. The maximum Gasteiger partial charge on any atom is 0.00386 e. The summed E-state index contributed by atoms with van der Waals surface area (Å²) >= 11 is 0. The molecule has 0 aliphatic rings. The Balaban J connectivity index is 2.97. The number of hydrogen-bond donors (Lipinski definition) is 1. The van der Waals surface area contributed by atoms with Gasteiger partial charge in [-0.25, -0.2) is 0 Å². The zero-order valence-corrected chi connectivity index (χ0v) is 8.32. The Hall–Kier alpha value is -0.0400. The second-order valence-electron chi connectivity index (χ2n) is 3.35. The standard InChI is InChI=1S/C10H23N/c1-4-6-7-9-11-10(3)8-5-2/h10-11H,4-9H2,1-3H3. The van der Waals surface area contributed by atoms with E-state index >= 15 is 0 Å². The van der Waals surface area contributed by atoms with Crippen LogP contribution in [-0.2, 0) is 0 Å². The first kappa shape index (κ1) is 11.0. The van der Waals surface area contributed by atoms with Gasteiger partial charge >= 0.3 is 0 Å². The molecular formula is C10H23N. The molecule has 0 radical (unpaired) electrons. The fraction of sp³-hybridized carbons (Fsp3) is 1.00. The normalized spacial score (nSPS) is 13.4. The highest BCUT2D eigenvalue weighted by Crippen LogP contribution is 1.96. The Kier molecular flexibility index (Phi) is 8.03. The summed E-state index contributed by atoms with van der Waals surface area (Å²) in [7, 11) is 0. The number of nitrogens with one attached hydrogen (secondary N) is 1. The van der Waals surface area contributed by atoms with Gasteiger partial charge in [0.2, 0.25) is 0 Å². The molecular weight excluding hydrogens is 134 g/mol. The number of rotatable bonds is 7. The molecule has 0 saturated heterocycles. The minimum absolute atomic E-state index is 0.719. The summed E-state index contributed by atoms with van der Waals surface area (Å²) in [6.07, 6.45) is 6.63. The van der Waals surface area contributed by atoms with Crippen molar-refractivity contribution in [1.29, 1.82) is 0 Å². The zero-order chi connectivity index (χ0) is 8.53. The molecule has 1 unspecified atom stereocenters. The van der Waals surface area contributed by atoms with Gasteiger partial charge in [-0.1, -0.05) is 33.1 Å². The fourth-order valence-electron chi connectivity index (χ4n) is 1.26. The molecule has 0 aliphatic heterocycles. The molecule has 0 saturated carbocycles. The lowest BCUT2D eigenvalue weighted by atomic mass is 10.2. The van der Waals surface area contributed by atoms with Crippen LogP contribution in [0.15, 0.2) is 0 Å². The zero-order valence-electron chi connectivity index (χ0n) is 8.32. The Morgan fingerprint density at radius 3 is 2.36 bits per heavy atom. The van der Waals surface area contributed by atoms with Crippen LogP contribution in [0.2, 0.25) is 0 Å². The van der Waals surface area contributed by atoms with Gasteiger partial charge in [-0.15, -0.1) is 0 Å². The molecule has 0 rings (SSSR count). The summed E-state index contributed by atoms with van der Waals surface area (Å²) in [4.78, 5) is 0. The summed E-state index contributed by atoms with van der Waals surface area (Å²) in [5, 5.41) is 3.52. The summed E-state index contributed by atoms with van der Waals surface area (Å²) in [6, 6.07) is 0.719. The van der Waals surface area contributed by atoms with Gasteiger partial charge in [0.25, 0.3) is 0 Å². The van der Waals surface area contributed by atoms with Crippen LogP contribution in [0.5, 0.6) is 0 Å². The lowest BCUT2D eigenvalue weighted by Gasteiger charge is -2.11. The van der Waals surface area contributed by atoms with Crippen molar-refractivity contribution in [3.63, 3.8) is 0 Å². The van der Waals surface area contributed by atoms with Gasteiger partial charge in [0.15, 0.2) is 0 Å². The van der Waals surface area contributed by atoms with Crippen LogP contribution in [0.1, 0.15) is 52.9 Å². The highest BCUT2D eigenvalue weighted by molar-refractivity contribution is 4.58. The van der Waals surface area contributed by atoms with E-state index in [1.165, 1.54) is 38.6 Å². The topological polar surface area (TPSA) is 12.0 Å². The van der Waals surface area contributed by atoms with Gasteiger partial charge in [0.05, 0.1) is 0 Å². The lowest BCUT2D eigenvalue weighted by Crippen LogP contribution is -2.26. The molecule has 1 nitrogen and oxygen atoms in total. The van der Waals surface area contributed by atoms with E-state index in [1.54, 1.807) is 0 Å². The van der Waals surface area contributed by atoms with Crippen molar-refractivity contribution in [2.24, 2.45) is 0 Å². The van der Waals surface area contributed by atoms with Crippen LogP contribution < -0.4 is 5.32 Å². The molecule has 0 spiro atoms. The first-order chi connectivity index (χ1) is 5.31. The van der Waals surface area contributed by atoms with Gasteiger partial charge in [0, 0.05) is 6.04 Å². The second-order valence-corrected chi connectivity index (χ2v) is 3.35. The third-order valence-electron chi connectivity index (χ3n) is 1.99. The Bertz CT molecular complexity index is 71.3. The van der Waals surface area contributed by atoms with E-state index in [4.69, 9.17) is 0 Å². The van der Waals surface area contributed by atoms with Crippen molar-refractivity contribution in [2.75, 3.05) is 6.54 Å². The molecule has 11 heavy (non-hydrogen) atoms. The minimum atomic E-state index is 0.719. The molecule has 1 atom stereocenters. The van der Waals surface area contributed by atoms with Crippen molar-refractivity contribution >= 4 is 0 Å². The molecule has 0 amide bonds. The molecule has 68 valence electrons. The van der Waals surface area contributed by atoms with Crippen LogP contribution in [0.25, 0.3) is 0 Å². The number of unbranched alkanes of at least 4 members (excludes halogenated alkanes) is 2. The molecule has 0 aromatic rings. The average molecular weight is 157 g/mol. The molecule has 0 heterocycles. The van der Waals surface area contributed by atoms with Gasteiger partial charge in [0.1, 0.15) is 0 Å². The van der Waals surface area contributed by atoms with Gasteiger partial charge in [-0.05, 0) is 26.3 Å². The van der Waals surface area contributed by atoms with Crippen LogP contribution >= 0.6 is 0 Å². The lowest BCUT2D eigenvalue weighted by molar-refractivity contribution is 0.494. The maximum absolute atomic E-state index is 3.52. The van der Waals surface area contributed by atoms with Crippen LogP contribution in [0, 0.1) is 0 Å². The van der Waals surface area contributed by atoms with E-state index in [2.05, 4.69) is 26.1 Å². The van der Waals surface area contributed by atoms with Crippen LogP contribution in [0.3, 0.4) is 0 Å². The maximum atomic E-state index is 3.52. The minimum Gasteiger partial charge on any atom is -0.314 e. The Morgan fingerprint density at radius 2 is 1.82 bits per heavy atom. The Labute approximate surface area is 71.6 Å². The highest BCUT2D eigenvalue weighted by atomic mass is 14.9. The molecule has 0 aromatic carbocycles. The van der Waals surface area contributed by atoms with Crippen LogP contribution in [0.4, 0.5) is 0 Å². The molecule has 0 bridgehead atoms. The Morgan fingerprint density at radius 1 is 1.09 bits per heavy atom. The van der Waals surface area contributed by atoms with E-state index in [-0.39, 0.29) is 0 Å². The summed E-state index contributed by atoms with van der Waals surface area (Å²) in [5.74, 6) is 0. The van der Waals surface area contributed by atoms with Crippen molar-refractivity contribution < 1.29 is 0 Å². The summed E-state index contributed by atoms with van der Waals surface area (Å²) < 4.78 is 0. The predicted molar refractivity (Wildman–Crippen MR) is 51.9 cm³/mol. The average Bonchev–Trinajstić information content (AvgIpc) is 1.99. The quantitative estimate of drug-likeness (QED) is 0.560. The van der Waals surface area contributed by atoms with E-state index in [9.17, 15) is 0 Å². The molecule has 1 heteroatoms. The van der Waals surface area contributed by atoms with Crippen molar-refractivity contribution in [1.82, 2.24) is 5.32 Å². The highest BCUT2D eigenvalue weighted by Gasteiger charge is 1.96. The third kappa shape index (κ3) is 7.86. The monoisotopic (exact) mass is 157 g/mol. The molecule has 0 fully saturated rings. The number of hydrogen-bond acceptors (Lipinski definition) is 1. The molecule has 0 aromatic heterocycles. The summed E-state index contributed by atoms with van der Waals surface area (Å²) in [6.45, 7) is 7.96. The van der Waals surface area contributed by atoms with Gasteiger partial charge < -0.3 is 5.32 Å². The van der Waals surface area contributed by atoms with E-state index in [0.29, 0.717) is 0 Å². The largest absolute Gasteiger partial charge is 0.314 e. The van der Waals surface area contributed by atoms with Gasteiger partial charge in [-0.2, -0.15) is 0 Å². The third-order valence-corrected chi connectivity index (χ3v) is 1.99. The predicted octanol–water partition coefficient (Wildman–Crippen LogP) is 2.95. The SMILES string of the molecule is CCCCCNC(C)CCC. The molecule has 0 aliphatic carbocycles. The van der Waals surface area contributed by atoms with Gasteiger partial charge in [-0.3, -0.25) is 0 Å². The van der Waals surface area contributed by atoms with E-state index < -0.39 is 0 Å². The van der Waals surface area contributed by atoms with Crippen molar-refractivity contribution in [3.8, 4) is 0 Å². The first-order valence-electron chi connectivity index (χ1n) is 5.04. The molecule has 1 N–H and O–H groups in total. The van der Waals surface area contributed by atoms with E-state index in [1.807, 2.05) is 0 Å². The first-order valence-corrected chi connectivity index (χ1v) is 5.04.